The van der Waals surface area contributed by atoms with Gasteiger partial charge in [-0.15, -0.1) is 0 Å². The van der Waals surface area contributed by atoms with Crippen LogP contribution in [-0.2, 0) is 13.0 Å². The first kappa shape index (κ1) is 16.3. The maximum atomic E-state index is 6.21. The zero-order valence-electron chi connectivity index (χ0n) is 14.0. The van der Waals surface area contributed by atoms with Gasteiger partial charge in [0.25, 0.3) is 0 Å². The molecule has 0 aromatic carbocycles. The van der Waals surface area contributed by atoms with E-state index in [1.807, 2.05) is 7.05 Å². The quantitative estimate of drug-likeness (QED) is 0.861. The Morgan fingerprint density at radius 2 is 2.05 bits per heavy atom. The lowest BCUT2D eigenvalue weighted by Gasteiger charge is -2.32. The van der Waals surface area contributed by atoms with Gasteiger partial charge in [-0.3, -0.25) is 0 Å². The average molecular weight is 290 g/mol. The van der Waals surface area contributed by atoms with Gasteiger partial charge in [0.2, 0.25) is 5.88 Å². The summed E-state index contributed by atoms with van der Waals surface area (Å²) in [5.41, 5.74) is 2.42. The summed E-state index contributed by atoms with van der Waals surface area (Å²) in [6.45, 7) is 7.75. The van der Waals surface area contributed by atoms with Crippen LogP contribution in [0.3, 0.4) is 0 Å². The third-order valence-corrected chi connectivity index (χ3v) is 4.64. The van der Waals surface area contributed by atoms with Crippen LogP contribution in [-0.4, -0.2) is 18.1 Å². The summed E-state index contributed by atoms with van der Waals surface area (Å²) in [6.07, 6.45) is 6.06. The van der Waals surface area contributed by atoms with Gasteiger partial charge in [-0.05, 0) is 56.2 Å². The van der Waals surface area contributed by atoms with E-state index in [2.05, 4.69) is 38.2 Å². The molecule has 0 bridgehead atoms. The number of nitrogens with one attached hydrogen (secondary N) is 1. The zero-order valence-corrected chi connectivity index (χ0v) is 14.0. The van der Waals surface area contributed by atoms with Gasteiger partial charge in [0, 0.05) is 18.3 Å². The van der Waals surface area contributed by atoms with E-state index in [1.165, 1.54) is 12.0 Å². The first-order valence-electron chi connectivity index (χ1n) is 8.43. The molecule has 1 aromatic rings. The van der Waals surface area contributed by atoms with Crippen LogP contribution in [0.4, 0.5) is 0 Å². The second kappa shape index (κ2) is 7.79. The van der Waals surface area contributed by atoms with Gasteiger partial charge in [0.1, 0.15) is 6.10 Å². The Kier molecular flexibility index (Phi) is 6.04. The highest BCUT2D eigenvalue weighted by Gasteiger charge is 2.26. The minimum absolute atomic E-state index is 0.336. The minimum Gasteiger partial charge on any atom is -0.474 e. The Morgan fingerprint density at radius 1 is 1.24 bits per heavy atom. The first-order chi connectivity index (χ1) is 10.1. The van der Waals surface area contributed by atoms with Crippen molar-refractivity contribution in [3.8, 4) is 5.88 Å². The second-order valence-corrected chi connectivity index (χ2v) is 6.59. The topological polar surface area (TPSA) is 34.1 Å². The number of hydrogen-bond donors (Lipinski definition) is 1. The van der Waals surface area contributed by atoms with Gasteiger partial charge < -0.3 is 10.1 Å². The van der Waals surface area contributed by atoms with Crippen LogP contribution in [0, 0.1) is 11.8 Å². The molecule has 0 aliphatic heterocycles. The Bertz CT molecular complexity index is 423. The molecule has 1 heterocycles. The molecule has 0 radical (unpaired) electrons. The summed E-state index contributed by atoms with van der Waals surface area (Å²) in [5.74, 6) is 2.39. The second-order valence-electron chi connectivity index (χ2n) is 6.59. The highest BCUT2D eigenvalue weighted by atomic mass is 16.5. The van der Waals surface area contributed by atoms with Crippen molar-refractivity contribution in [1.29, 1.82) is 0 Å². The molecular weight excluding hydrogens is 260 g/mol. The van der Waals surface area contributed by atoms with Gasteiger partial charge in [-0.25, -0.2) is 4.98 Å². The molecule has 1 saturated carbocycles. The molecule has 3 heteroatoms. The number of aryl methyl sites for hydroxylation is 1. The number of aromatic nitrogens is 1. The zero-order chi connectivity index (χ0) is 15.2. The predicted molar refractivity (Wildman–Crippen MR) is 87.6 cm³/mol. The van der Waals surface area contributed by atoms with Crippen molar-refractivity contribution in [3.05, 3.63) is 23.4 Å². The molecular formula is C18H30N2O. The SMILES string of the molecule is CCCc1cc(CNC)cc(OC2CCC(C)C(C)C2)n1. The summed E-state index contributed by atoms with van der Waals surface area (Å²) in [5, 5.41) is 3.21. The van der Waals surface area contributed by atoms with Gasteiger partial charge in [0.05, 0.1) is 0 Å². The molecule has 1 N–H and O–H groups in total. The van der Waals surface area contributed by atoms with Crippen molar-refractivity contribution < 1.29 is 4.74 Å². The summed E-state index contributed by atoms with van der Waals surface area (Å²) in [7, 11) is 1.98. The lowest BCUT2D eigenvalue weighted by molar-refractivity contribution is 0.0962. The third-order valence-electron chi connectivity index (χ3n) is 4.64. The summed E-state index contributed by atoms with van der Waals surface area (Å²) in [6, 6.07) is 4.29. The van der Waals surface area contributed by atoms with Crippen molar-refractivity contribution in [2.24, 2.45) is 11.8 Å². The minimum atomic E-state index is 0.336. The van der Waals surface area contributed by atoms with Crippen LogP contribution in [0.1, 0.15) is 57.7 Å². The van der Waals surface area contributed by atoms with E-state index in [9.17, 15) is 0 Å². The molecule has 1 fully saturated rings. The Hall–Kier alpha value is -1.09. The largest absolute Gasteiger partial charge is 0.474 e. The van der Waals surface area contributed by atoms with E-state index >= 15 is 0 Å². The number of rotatable bonds is 6. The molecule has 1 aromatic heterocycles. The van der Waals surface area contributed by atoms with E-state index in [-0.39, 0.29) is 0 Å². The maximum Gasteiger partial charge on any atom is 0.214 e. The van der Waals surface area contributed by atoms with Crippen molar-refractivity contribution in [1.82, 2.24) is 10.3 Å². The van der Waals surface area contributed by atoms with Crippen LogP contribution in [0.25, 0.3) is 0 Å². The normalized spacial score (nSPS) is 25.8. The summed E-state index contributed by atoms with van der Waals surface area (Å²) >= 11 is 0. The van der Waals surface area contributed by atoms with E-state index < -0.39 is 0 Å². The van der Waals surface area contributed by atoms with Crippen LogP contribution in [0.5, 0.6) is 5.88 Å². The van der Waals surface area contributed by atoms with Gasteiger partial charge in [-0.2, -0.15) is 0 Å². The van der Waals surface area contributed by atoms with Crippen LogP contribution >= 0.6 is 0 Å². The summed E-state index contributed by atoms with van der Waals surface area (Å²) in [4.78, 5) is 4.69. The van der Waals surface area contributed by atoms with E-state index in [1.54, 1.807) is 0 Å². The molecule has 3 atom stereocenters. The molecule has 3 unspecified atom stereocenters. The molecule has 2 rings (SSSR count). The molecule has 21 heavy (non-hydrogen) atoms. The van der Waals surface area contributed by atoms with E-state index in [0.29, 0.717) is 6.10 Å². The van der Waals surface area contributed by atoms with Crippen LogP contribution < -0.4 is 10.1 Å². The lowest BCUT2D eigenvalue weighted by atomic mass is 9.80. The summed E-state index contributed by atoms with van der Waals surface area (Å²) < 4.78 is 6.21. The number of ether oxygens (including phenoxy) is 1. The van der Waals surface area contributed by atoms with Crippen molar-refractivity contribution >= 4 is 0 Å². The monoisotopic (exact) mass is 290 g/mol. The molecule has 1 aliphatic carbocycles. The van der Waals surface area contributed by atoms with Crippen molar-refractivity contribution in [2.75, 3.05) is 7.05 Å². The molecule has 3 nitrogen and oxygen atoms in total. The number of pyridine rings is 1. The van der Waals surface area contributed by atoms with Gasteiger partial charge in [-0.1, -0.05) is 27.2 Å². The first-order valence-corrected chi connectivity index (χ1v) is 8.43. The van der Waals surface area contributed by atoms with Crippen LogP contribution in [0.15, 0.2) is 12.1 Å². The van der Waals surface area contributed by atoms with Crippen molar-refractivity contribution in [2.45, 2.75) is 65.5 Å². The predicted octanol–water partition coefficient (Wildman–Crippen LogP) is 3.96. The highest BCUT2D eigenvalue weighted by molar-refractivity contribution is 5.25. The molecule has 0 saturated heterocycles. The maximum absolute atomic E-state index is 6.21. The smallest absolute Gasteiger partial charge is 0.214 e. The standard InChI is InChI=1S/C18H30N2O/c1-5-6-16-10-15(12-19-4)11-18(20-16)21-17-8-7-13(2)14(3)9-17/h10-11,13-14,17,19H,5-9,12H2,1-4H3. The highest BCUT2D eigenvalue weighted by Crippen LogP contribution is 2.31. The molecule has 1 aliphatic rings. The van der Waals surface area contributed by atoms with Gasteiger partial charge >= 0.3 is 0 Å². The molecule has 118 valence electrons. The fourth-order valence-corrected chi connectivity index (χ4v) is 3.15. The Labute approximate surface area is 129 Å². The lowest BCUT2D eigenvalue weighted by Crippen LogP contribution is -2.29. The van der Waals surface area contributed by atoms with Gasteiger partial charge in [0.15, 0.2) is 0 Å². The van der Waals surface area contributed by atoms with Crippen LogP contribution in [0.2, 0.25) is 0 Å². The van der Waals surface area contributed by atoms with E-state index in [4.69, 9.17) is 9.72 Å². The fraction of sp³-hybridized carbons (Fsp3) is 0.722. The third kappa shape index (κ3) is 4.70. The number of nitrogens with zero attached hydrogens (tertiary/aromatic N) is 1. The Balaban J connectivity index is 2.07. The average Bonchev–Trinajstić information content (AvgIpc) is 2.43. The molecule has 0 spiro atoms. The fourth-order valence-electron chi connectivity index (χ4n) is 3.15. The van der Waals surface area contributed by atoms with E-state index in [0.717, 1.165) is 55.6 Å². The number of hydrogen-bond acceptors (Lipinski definition) is 3. The molecule has 0 amide bonds. The Morgan fingerprint density at radius 3 is 2.71 bits per heavy atom. The van der Waals surface area contributed by atoms with Crippen molar-refractivity contribution in [3.63, 3.8) is 0 Å².